The molecule has 3 nitrogen and oxygen atoms in total. The minimum atomic E-state index is 0.394. The van der Waals surface area contributed by atoms with Gasteiger partial charge in [-0.2, -0.15) is 0 Å². The van der Waals surface area contributed by atoms with E-state index >= 15 is 0 Å². The van der Waals surface area contributed by atoms with Gasteiger partial charge in [0.05, 0.1) is 13.2 Å². The van der Waals surface area contributed by atoms with Crippen LogP contribution in [-0.4, -0.2) is 39.5 Å². The maximum absolute atomic E-state index is 4.98. The second kappa shape index (κ2) is 6.58. The molecule has 68 valence electrons. The highest BCUT2D eigenvalue weighted by Crippen LogP contribution is 1.88. The average Bonchev–Trinajstić information content (AvgIpc) is 1.87. The monoisotopic (exact) mass is 161 g/mol. The van der Waals surface area contributed by atoms with Crippen LogP contribution in [0.5, 0.6) is 0 Å². The quantitative estimate of drug-likeness (QED) is 0.620. The van der Waals surface area contributed by atoms with Crippen LogP contribution in [0, 0.1) is 0 Å². The first kappa shape index (κ1) is 10.9. The minimum absolute atomic E-state index is 0.394. The Bertz CT molecular complexity index is 78.2. The van der Waals surface area contributed by atoms with E-state index in [9.17, 15) is 0 Å². The molecule has 0 aliphatic heterocycles. The van der Waals surface area contributed by atoms with Crippen LogP contribution in [0.3, 0.4) is 0 Å². The third-order valence-corrected chi connectivity index (χ3v) is 1.40. The number of ether oxygens (including phenoxy) is 2. The Kier molecular flexibility index (Phi) is 6.51. The molecule has 0 aromatic heterocycles. The molecule has 0 aromatic rings. The molecule has 0 fully saturated rings. The average molecular weight is 161 g/mol. The van der Waals surface area contributed by atoms with Gasteiger partial charge in [0.1, 0.15) is 0 Å². The smallest absolute Gasteiger partial charge is 0.0613 e. The Balaban J connectivity index is 3.32. The summed E-state index contributed by atoms with van der Waals surface area (Å²) in [5.41, 5.74) is 0. The van der Waals surface area contributed by atoms with Gasteiger partial charge in [0.15, 0.2) is 0 Å². The maximum atomic E-state index is 4.98. The lowest BCUT2D eigenvalue weighted by Crippen LogP contribution is -2.39. The van der Waals surface area contributed by atoms with Crippen molar-refractivity contribution in [2.75, 3.05) is 27.4 Å². The summed E-state index contributed by atoms with van der Waals surface area (Å²) in [6.45, 7) is 5.67. The SMILES string of the molecule is COC[C@@H](C)N[C@@H](C)COC. The topological polar surface area (TPSA) is 30.5 Å². The fourth-order valence-corrected chi connectivity index (χ4v) is 1.08. The highest BCUT2D eigenvalue weighted by atomic mass is 16.5. The molecule has 3 heteroatoms. The van der Waals surface area contributed by atoms with Crippen LogP contribution < -0.4 is 5.32 Å². The normalized spacial score (nSPS) is 16.4. The van der Waals surface area contributed by atoms with Gasteiger partial charge in [0, 0.05) is 26.3 Å². The van der Waals surface area contributed by atoms with E-state index in [4.69, 9.17) is 9.47 Å². The molecule has 2 atom stereocenters. The molecule has 0 amide bonds. The second-order valence-electron chi connectivity index (χ2n) is 2.88. The lowest BCUT2D eigenvalue weighted by Gasteiger charge is -2.18. The molecule has 0 heterocycles. The van der Waals surface area contributed by atoms with E-state index in [2.05, 4.69) is 19.2 Å². The van der Waals surface area contributed by atoms with Gasteiger partial charge >= 0.3 is 0 Å². The predicted molar refractivity (Wildman–Crippen MR) is 45.8 cm³/mol. The Morgan fingerprint density at radius 2 is 1.36 bits per heavy atom. The summed E-state index contributed by atoms with van der Waals surface area (Å²) in [6.07, 6.45) is 0. The zero-order valence-electron chi connectivity index (χ0n) is 7.89. The van der Waals surface area contributed by atoms with E-state index in [1.165, 1.54) is 0 Å². The van der Waals surface area contributed by atoms with Crippen LogP contribution in [0.2, 0.25) is 0 Å². The summed E-state index contributed by atoms with van der Waals surface area (Å²) < 4.78 is 9.96. The first-order valence-corrected chi connectivity index (χ1v) is 3.94. The molecule has 0 saturated heterocycles. The third-order valence-electron chi connectivity index (χ3n) is 1.40. The molecule has 0 bridgehead atoms. The van der Waals surface area contributed by atoms with Crippen LogP contribution in [-0.2, 0) is 9.47 Å². The summed E-state index contributed by atoms with van der Waals surface area (Å²) in [4.78, 5) is 0. The molecular weight excluding hydrogens is 142 g/mol. The largest absolute Gasteiger partial charge is 0.383 e. The molecule has 1 N–H and O–H groups in total. The van der Waals surface area contributed by atoms with Gasteiger partial charge in [-0.3, -0.25) is 0 Å². The fraction of sp³-hybridized carbons (Fsp3) is 1.00. The van der Waals surface area contributed by atoms with Crippen molar-refractivity contribution in [3.05, 3.63) is 0 Å². The first-order chi connectivity index (χ1) is 5.20. The van der Waals surface area contributed by atoms with Crippen LogP contribution in [0.1, 0.15) is 13.8 Å². The number of methoxy groups -OCH3 is 2. The summed E-state index contributed by atoms with van der Waals surface area (Å²) in [7, 11) is 3.42. The number of hydrogen-bond donors (Lipinski definition) is 1. The predicted octanol–water partition coefficient (Wildman–Crippen LogP) is 0.646. The molecule has 0 radical (unpaired) electrons. The van der Waals surface area contributed by atoms with Crippen LogP contribution in [0.25, 0.3) is 0 Å². The van der Waals surface area contributed by atoms with Crippen LogP contribution >= 0.6 is 0 Å². The number of nitrogens with one attached hydrogen (secondary N) is 1. The van der Waals surface area contributed by atoms with Gasteiger partial charge in [-0.1, -0.05) is 0 Å². The molecular formula is C8H19NO2. The molecule has 0 aromatic carbocycles. The van der Waals surface area contributed by atoms with Gasteiger partial charge in [-0.15, -0.1) is 0 Å². The van der Waals surface area contributed by atoms with Crippen molar-refractivity contribution >= 4 is 0 Å². The van der Waals surface area contributed by atoms with Gasteiger partial charge < -0.3 is 14.8 Å². The zero-order chi connectivity index (χ0) is 8.69. The fourth-order valence-electron chi connectivity index (χ4n) is 1.08. The Morgan fingerprint density at radius 3 is 1.64 bits per heavy atom. The highest BCUT2D eigenvalue weighted by molar-refractivity contribution is 4.65. The lowest BCUT2D eigenvalue weighted by molar-refractivity contribution is 0.139. The van der Waals surface area contributed by atoms with Crippen molar-refractivity contribution in [2.24, 2.45) is 0 Å². The summed E-state index contributed by atoms with van der Waals surface area (Å²) in [5, 5.41) is 3.33. The van der Waals surface area contributed by atoms with E-state index in [1.54, 1.807) is 14.2 Å². The molecule has 0 saturated carbocycles. The van der Waals surface area contributed by atoms with E-state index in [-0.39, 0.29) is 0 Å². The third kappa shape index (κ3) is 6.28. The standard InChI is InChI=1S/C8H19NO2/c1-7(5-10-3)9-8(2)6-11-4/h7-9H,5-6H2,1-4H3/t7-,8+. The van der Waals surface area contributed by atoms with Crippen molar-refractivity contribution in [1.29, 1.82) is 0 Å². The molecule has 0 aliphatic carbocycles. The minimum Gasteiger partial charge on any atom is -0.383 e. The molecule has 0 aliphatic rings. The van der Waals surface area contributed by atoms with Crippen molar-refractivity contribution in [2.45, 2.75) is 25.9 Å². The Hall–Kier alpha value is -0.120. The van der Waals surface area contributed by atoms with Gasteiger partial charge in [-0.05, 0) is 13.8 Å². The Morgan fingerprint density at radius 1 is 1.00 bits per heavy atom. The van der Waals surface area contributed by atoms with Crippen molar-refractivity contribution in [1.82, 2.24) is 5.32 Å². The summed E-state index contributed by atoms with van der Waals surface area (Å²) >= 11 is 0. The van der Waals surface area contributed by atoms with Crippen LogP contribution in [0.15, 0.2) is 0 Å². The molecule has 11 heavy (non-hydrogen) atoms. The van der Waals surface area contributed by atoms with E-state index in [0.717, 1.165) is 13.2 Å². The summed E-state index contributed by atoms with van der Waals surface area (Å²) in [5.74, 6) is 0. The highest BCUT2D eigenvalue weighted by Gasteiger charge is 2.05. The molecule has 0 unspecified atom stereocenters. The van der Waals surface area contributed by atoms with Crippen LogP contribution in [0.4, 0.5) is 0 Å². The van der Waals surface area contributed by atoms with Gasteiger partial charge in [0.2, 0.25) is 0 Å². The number of rotatable bonds is 6. The van der Waals surface area contributed by atoms with Crippen molar-refractivity contribution < 1.29 is 9.47 Å². The van der Waals surface area contributed by atoms with E-state index in [0.29, 0.717) is 12.1 Å². The van der Waals surface area contributed by atoms with Crippen molar-refractivity contribution in [3.63, 3.8) is 0 Å². The molecule has 0 spiro atoms. The lowest BCUT2D eigenvalue weighted by atomic mass is 10.3. The Labute approximate surface area is 69.1 Å². The van der Waals surface area contributed by atoms with E-state index in [1.807, 2.05) is 0 Å². The van der Waals surface area contributed by atoms with Crippen molar-refractivity contribution in [3.8, 4) is 0 Å². The zero-order valence-corrected chi connectivity index (χ0v) is 7.89. The van der Waals surface area contributed by atoms with E-state index < -0.39 is 0 Å². The molecule has 0 rings (SSSR count). The second-order valence-corrected chi connectivity index (χ2v) is 2.88. The van der Waals surface area contributed by atoms with Gasteiger partial charge in [0.25, 0.3) is 0 Å². The first-order valence-electron chi connectivity index (χ1n) is 3.94. The van der Waals surface area contributed by atoms with Gasteiger partial charge in [-0.25, -0.2) is 0 Å². The maximum Gasteiger partial charge on any atom is 0.0613 e. The summed E-state index contributed by atoms with van der Waals surface area (Å²) in [6, 6.07) is 0.787. The number of hydrogen-bond acceptors (Lipinski definition) is 3.